The number of nitrogens with two attached hydrogens (primary N) is 1. The van der Waals surface area contributed by atoms with Crippen molar-refractivity contribution >= 4 is 11.2 Å². The Kier molecular flexibility index (Phi) is 3.24. The van der Waals surface area contributed by atoms with E-state index in [4.69, 9.17) is 5.73 Å². The average molecular weight is 291 g/mol. The molecule has 21 heavy (non-hydrogen) atoms. The lowest BCUT2D eigenvalue weighted by atomic mass is 10.3. The van der Waals surface area contributed by atoms with Crippen molar-refractivity contribution in [3.8, 4) is 0 Å². The molecule has 7 nitrogen and oxygen atoms in total. The third kappa shape index (κ3) is 1.95. The van der Waals surface area contributed by atoms with Crippen molar-refractivity contribution in [3.05, 3.63) is 26.7 Å². The molecule has 0 amide bonds. The highest BCUT2D eigenvalue weighted by molar-refractivity contribution is 5.71. The summed E-state index contributed by atoms with van der Waals surface area (Å²) in [5, 5.41) is 0. The van der Waals surface area contributed by atoms with Gasteiger partial charge in [0.2, 0.25) is 0 Å². The predicted molar refractivity (Wildman–Crippen MR) is 80.6 cm³/mol. The molecule has 0 spiro atoms. The van der Waals surface area contributed by atoms with E-state index in [1.165, 1.54) is 9.13 Å². The molecule has 2 N–H and O–H groups in total. The second-order valence-electron chi connectivity index (χ2n) is 5.76. The predicted octanol–water partition coefficient (Wildman–Crippen LogP) is 0.314. The van der Waals surface area contributed by atoms with Crippen LogP contribution in [0.2, 0.25) is 0 Å². The summed E-state index contributed by atoms with van der Waals surface area (Å²) in [7, 11) is 1.66. The van der Waals surface area contributed by atoms with Crippen LogP contribution < -0.4 is 17.0 Å². The molecule has 0 aliphatic heterocycles. The first-order valence-electron chi connectivity index (χ1n) is 7.42. The SMILES string of the molecule is CCn1c(C2CC2)nc2c1c(=O)n(C(C)CN)c(=O)n2C. The van der Waals surface area contributed by atoms with Crippen LogP contribution in [0, 0.1) is 0 Å². The fourth-order valence-corrected chi connectivity index (χ4v) is 2.82. The first-order valence-corrected chi connectivity index (χ1v) is 7.42. The standard InChI is InChI=1S/C14H21N5O2/c1-4-18-10-12(16-11(18)9-5-6-9)17(3)14(21)19(13(10)20)8(2)7-15/h8-9H,4-7,15H2,1-3H3. The summed E-state index contributed by atoms with van der Waals surface area (Å²) in [5.74, 6) is 1.35. The summed E-state index contributed by atoms with van der Waals surface area (Å²) in [6.07, 6.45) is 2.20. The summed E-state index contributed by atoms with van der Waals surface area (Å²) in [4.78, 5) is 29.8. The van der Waals surface area contributed by atoms with E-state index in [9.17, 15) is 9.59 Å². The fourth-order valence-electron chi connectivity index (χ4n) is 2.82. The summed E-state index contributed by atoms with van der Waals surface area (Å²) in [5.41, 5.74) is 6.00. The van der Waals surface area contributed by atoms with Gasteiger partial charge < -0.3 is 10.3 Å². The van der Waals surface area contributed by atoms with Gasteiger partial charge in [0, 0.05) is 26.1 Å². The van der Waals surface area contributed by atoms with Crippen LogP contribution in [0.3, 0.4) is 0 Å². The highest BCUT2D eigenvalue weighted by Crippen LogP contribution is 2.40. The number of hydrogen-bond donors (Lipinski definition) is 1. The zero-order chi connectivity index (χ0) is 15.3. The molecule has 0 saturated heterocycles. The second kappa shape index (κ2) is 4.84. The summed E-state index contributed by atoms with van der Waals surface area (Å²) in [6.45, 7) is 4.69. The largest absolute Gasteiger partial charge is 0.332 e. The van der Waals surface area contributed by atoms with Crippen LogP contribution in [0.5, 0.6) is 0 Å². The van der Waals surface area contributed by atoms with Gasteiger partial charge in [0.15, 0.2) is 11.2 Å². The Labute approximate surface area is 122 Å². The highest BCUT2D eigenvalue weighted by atomic mass is 16.2. The molecule has 7 heteroatoms. The Morgan fingerprint density at radius 1 is 1.38 bits per heavy atom. The van der Waals surface area contributed by atoms with Gasteiger partial charge in [0.25, 0.3) is 5.56 Å². The molecule has 0 aromatic carbocycles. The number of aryl methyl sites for hydroxylation is 2. The van der Waals surface area contributed by atoms with Crippen LogP contribution in [0.1, 0.15) is 44.5 Å². The van der Waals surface area contributed by atoms with E-state index in [0.29, 0.717) is 23.6 Å². The minimum absolute atomic E-state index is 0.246. The zero-order valence-corrected chi connectivity index (χ0v) is 12.7. The second-order valence-corrected chi connectivity index (χ2v) is 5.76. The monoisotopic (exact) mass is 291 g/mol. The minimum Gasteiger partial charge on any atom is -0.328 e. The van der Waals surface area contributed by atoms with Gasteiger partial charge in [-0.1, -0.05) is 0 Å². The van der Waals surface area contributed by atoms with Crippen molar-refractivity contribution in [3.63, 3.8) is 0 Å². The molecule has 3 rings (SSSR count). The lowest BCUT2D eigenvalue weighted by molar-refractivity contribution is 0.500. The molecule has 1 saturated carbocycles. The van der Waals surface area contributed by atoms with Gasteiger partial charge in [-0.15, -0.1) is 0 Å². The number of nitrogens with zero attached hydrogens (tertiary/aromatic N) is 4. The molecule has 1 unspecified atom stereocenters. The molecular weight excluding hydrogens is 270 g/mol. The normalized spacial score (nSPS) is 16.6. The molecular formula is C14H21N5O2. The molecule has 2 heterocycles. The first-order chi connectivity index (χ1) is 10.0. The van der Waals surface area contributed by atoms with Crippen LogP contribution in [-0.2, 0) is 13.6 Å². The zero-order valence-electron chi connectivity index (χ0n) is 12.7. The average Bonchev–Trinajstić information content (AvgIpc) is 3.24. The van der Waals surface area contributed by atoms with Crippen molar-refractivity contribution in [1.82, 2.24) is 18.7 Å². The van der Waals surface area contributed by atoms with Crippen LogP contribution in [-0.4, -0.2) is 25.2 Å². The van der Waals surface area contributed by atoms with Gasteiger partial charge >= 0.3 is 5.69 Å². The smallest absolute Gasteiger partial charge is 0.328 e. The Balaban J connectivity index is 2.43. The van der Waals surface area contributed by atoms with Gasteiger partial charge in [-0.05, 0) is 26.7 Å². The summed E-state index contributed by atoms with van der Waals surface area (Å²) < 4.78 is 4.66. The lowest BCUT2D eigenvalue weighted by Gasteiger charge is -2.14. The van der Waals surface area contributed by atoms with Gasteiger partial charge in [0.1, 0.15) is 5.82 Å². The highest BCUT2D eigenvalue weighted by Gasteiger charge is 2.31. The quantitative estimate of drug-likeness (QED) is 0.878. The minimum atomic E-state index is -0.353. The van der Waals surface area contributed by atoms with Crippen LogP contribution in [0.4, 0.5) is 0 Å². The molecule has 0 radical (unpaired) electrons. The van der Waals surface area contributed by atoms with Gasteiger partial charge in [-0.3, -0.25) is 13.9 Å². The molecule has 0 bridgehead atoms. The molecule has 2 aromatic rings. The Morgan fingerprint density at radius 2 is 2.05 bits per heavy atom. The van der Waals surface area contributed by atoms with E-state index in [1.807, 2.05) is 11.5 Å². The number of aromatic nitrogens is 4. The molecule has 2 aromatic heterocycles. The summed E-state index contributed by atoms with van der Waals surface area (Å²) in [6, 6.07) is -0.329. The van der Waals surface area contributed by atoms with E-state index < -0.39 is 0 Å². The maximum atomic E-state index is 12.8. The van der Waals surface area contributed by atoms with Gasteiger partial charge in [-0.2, -0.15) is 0 Å². The van der Waals surface area contributed by atoms with Crippen LogP contribution in [0.25, 0.3) is 11.2 Å². The molecule has 1 fully saturated rings. The van der Waals surface area contributed by atoms with E-state index in [0.717, 1.165) is 18.7 Å². The lowest BCUT2D eigenvalue weighted by Crippen LogP contribution is -2.43. The molecule has 1 atom stereocenters. The Bertz CT molecular complexity index is 809. The van der Waals surface area contributed by atoms with Crippen molar-refractivity contribution in [2.45, 2.75) is 45.2 Å². The number of fused-ring (bicyclic) bond motifs is 1. The van der Waals surface area contributed by atoms with Crippen molar-refractivity contribution in [1.29, 1.82) is 0 Å². The maximum absolute atomic E-state index is 12.8. The Hall–Kier alpha value is -1.89. The van der Waals surface area contributed by atoms with Crippen molar-refractivity contribution in [2.75, 3.05) is 6.54 Å². The fraction of sp³-hybridized carbons (Fsp3) is 0.643. The number of imidazole rings is 1. The van der Waals surface area contributed by atoms with Gasteiger partial charge in [-0.25, -0.2) is 9.78 Å². The topological polar surface area (TPSA) is 87.8 Å². The molecule has 1 aliphatic carbocycles. The van der Waals surface area contributed by atoms with Crippen LogP contribution in [0.15, 0.2) is 9.59 Å². The van der Waals surface area contributed by atoms with Crippen LogP contribution >= 0.6 is 0 Å². The molecule has 114 valence electrons. The van der Waals surface area contributed by atoms with Gasteiger partial charge in [0.05, 0.1) is 6.04 Å². The number of hydrogen-bond acceptors (Lipinski definition) is 4. The van der Waals surface area contributed by atoms with Crippen molar-refractivity contribution in [2.24, 2.45) is 12.8 Å². The van der Waals surface area contributed by atoms with E-state index in [1.54, 1.807) is 14.0 Å². The number of rotatable bonds is 4. The third-order valence-corrected chi connectivity index (χ3v) is 4.25. The maximum Gasteiger partial charge on any atom is 0.332 e. The van der Waals surface area contributed by atoms with Crippen molar-refractivity contribution < 1.29 is 0 Å². The van der Waals surface area contributed by atoms with E-state index in [2.05, 4.69) is 4.98 Å². The third-order valence-electron chi connectivity index (χ3n) is 4.25. The molecule has 1 aliphatic rings. The Morgan fingerprint density at radius 3 is 2.57 bits per heavy atom. The summed E-state index contributed by atoms with van der Waals surface area (Å²) >= 11 is 0. The van der Waals surface area contributed by atoms with E-state index >= 15 is 0 Å². The first kappa shape index (κ1) is 14.1. The van der Waals surface area contributed by atoms with E-state index in [-0.39, 0.29) is 23.8 Å².